The third-order valence-corrected chi connectivity index (χ3v) is 5.20. The SMILES string of the molecule is CCC1(CC)CC(Nc2ncnc3sccc23)CCO1. The first kappa shape index (κ1) is 13.8. The minimum absolute atomic E-state index is 0.0384. The van der Waals surface area contributed by atoms with E-state index in [9.17, 15) is 0 Å². The Labute approximate surface area is 123 Å². The highest BCUT2D eigenvalue weighted by atomic mass is 32.1. The first-order chi connectivity index (χ1) is 9.76. The number of nitrogens with zero attached hydrogens (tertiary/aromatic N) is 2. The summed E-state index contributed by atoms with van der Waals surface area (Å²) in [6.45, 7) is 5.26. The minimum Gasteiger partial charge on any atom is -0.375 e. The van der Waals surface area contributed by atoms with Crippen LogP contribution >= 0.6 is 11.3 Å². The second kappa shape index (κ2) is 5.66. The zero-order valence-electron chi connectivity index (χ0n) is 12.1. The number of thiophene rings is 1. The molecule has 4 nitrogen and oxygen atoms in total. The lowest BCUT2D eigenvalue weighted by Gasteiger charge is -2.40. The molecule has 0 spiro atoms. The van der Waals surface area contributed by atoms with Gasteiger partial charge in [0.2, 0.25) is 0 Å². The third kappa shape index (κ3) is 2.52. The molecule has 1 aliphatic rings. The van der Waals surface area contributed by atoms with Crippen molar-refractivity contribution in [2.45, 2.75) is 51.2 Å². The van der Waals surface area contributed by atoms with E-state index in [1.807, 2.05) is 0 Å². The summed E-state index contributed by atoms with van der Waals surface area (Å²) in [7, 11) is 0. The van der Waals surface area contributed by atoms with Crippen LogP contribution in [-0.4, -0.2) is 28.2 Å². The molecule has 20 heavy (non-hydrogen) atoms. The van der Waals surface area contributed by atoms with Gasteiger partial charge in [0, 0.05) is 12.6 Å². The van der Waals surface area contributed by atoms with Crippen LogP contribution in [-0.2, 0) is 4.74 Å². The molecule has 5 heteroatoms. The third-order valence-electron chi connectivity index (χ3n) is 4.38. The van der Waals surface area contributed by atoms with Crippen LogP contribution in [0.15, 0.2) is 17.8 Å². The van der Waals surface area contributed by atoms with Gasteiger partial charge >= 0.3 is 0 Å². The van der Waals surface area contributed by atoms with Crippen LogP contribution < -0.4 is 5.32 Å². The number of ether oxygens (including phenoxy) is 1. The first-order valence-electron chi connectivity index (χ1n) is 7.35. The van der Waals surface area contributed by atoms with E-state index < -0.39 is 0 Å². The second-order valence-corrected chi connectivity index (χ2v) is 6.33. The highest BCUT2D eigenvalue weighted by Crippen LogP contribution is 2.33. The smallest absolute Gasteiger partial charge is 0.138 e. The summed E-state index contributed by atoms with van der Waals surface area (Å²) in [5.41, 5.74) is 0.0384. The van der Waals surface area contributed by atoms with Gasteiger partial charge in [-0.3, -0.25) is 0 Å². The molecule has 3 heterocycles. The summed E-state index contributed by atoms with van der Waals surface area (Å²) < 4.78 is 6.03. The molecule has 1 saturated heterocycles. The summed E-state index contributed by atoms with van der Waals surface area (Å²) >= 11 is 1.66. The quantitative estimate of drug-likeness (QED) is 0.929. The van der Waals surface area contributed by atoms with Crippen molar-refractivity contribution < 1.29 is 4.74 Å². The van der Waals surface area contributed by atoms with Crippen LogP contribution in [0.25, 0.3) is 10.2 Å². The summed E-state index contributed by atoms with van der Waals surface area (Å²) in [5, 5.41) is 6.80. The standard InChI is InChI=1S/C15H21N3OS/c1-3-15(4-2)9-11(5-7-19-15)18-13-12-6-8-20-14(12)17-10-16-13/h6,8,10-11H,3-5,7,9H2,1-2H3,(H,16,17,18). The normalized spacial score (nSPS) is 22.0. The van der Waals surface area contributed by atoms with E-state index in [1.54, 1.807) is 17.7 Å². The molecule has 2 aromatic heterocycles. The highest BCUT2D eigenvalue weighted by molar-refractivity contribution is 7.16. The van der Waals surface area contributed by atoms with Gasteiger partial charge in [-0.05, 0) is 37.1 Å². The molecule has 1 N–H and O–H groups in total. The lowest BCUT2D eigenvalue weighted by atomic mass is 9.86. The zero-order chi connectivity index (χ0) is 14.0. The molecule has 0 saturated carbocycles. The fraction of sp³-hybridized carbons (Fsp3) is 0.600. The van der Waals surface area contributed by atoms with Gasteiger partial charge in [0.1, 0.15) is 17.0 Å². The maximum atomic E-state index is 6.03. The van der Waals surface area contributed by atoms with Crippen LogP contribution in [0.3, 0.4) is 0 Å². The van der Waals surface area contributed by atoms with Crippen molar-refractivity contribution >= 4 is 27.4 Å². The van der Waals surface area contributed by atoms with Crippen LogP contribution in [0.4, 0.5) is 5.82 Å². The predicted octanol–water partition coefficient (Wildman–Crippen LogP) is 3.84. The summed E-state index contributed by atoms with van der Waals surface area (Å²) in [6, 6.07) is 2.52. The summed E-state index contributed by atoms with van der Waals surface area (Å²) in [4.78, 5) is 9.76. The Balaban J connectivity index is 1.79. The molecule has 2 aromatic rings. The Morgan fingerprint density at radius 3 is 3.05 bits per heavy atom. The first-order valence-corrected chi connectivity index (χ1v) is 8.23. The van der Waals surface area contributed by atoms with E-state index in [-0.39, 0.29) is 5.60 Å². The Kier molecular flexibility index (Phi) is 3.89. The van der Waals surface area contributed by atoms with Crippen molar-refractivity contribution in [2.24, 2.45) is 0 Å². The average molecular weight is 291 g/mol. The second-order valence-electron chi connectivity index (χ2n) is 5.43. The number of fused-ring (bicyclic) bond motifs is 1. The Morgan fingerprint density at radius 1 is 1.40 bits per heavy atom. The van der Waals surface area contributed by atoms with Crippen molar-refractivity contribution in [2.75, 3.05) is 11.9 Å². The van der Waals surface area contributed by atoms with Gasteiger partial charge in [-0.15, -0.1) is 11.3 Å². The van der Waals surface area contributed by atoms with E-state index in [4.69, 9.17) is 4.74 Å². The average Bonchev–Trinajstić information content (AvgIpc) is 2.97. The lowest BCUT2D eigenvalue weighted by molar-refractivity contribution is -0.0864. The van der Waals surface area contributed by atoms with Crippen LogP contribution in [0, 0.1) is 0 Å². The molecule has 0 bridgehead atoms. The zero-order valence-corrected chi connectivity index (χ0v) is 12.9. The van der Waals surface area contributed by atoms with Crippen molar-refractivity contribution in [1.29, 1.82) is 0 Å². The molecule has 0 amide bonds. The van der Waals surface area contributed by atoms with E-state index in [2.05, 4.69) is 40.6 Å². The number of hydrogen-bond acceptors (Lipinski definition) is 5. The molecule has 0 aromatic carbocycles. The molecule has 0 aliphatic carbocycles. The van der Waals surface area contributed by atoms with Crippen molar-refractivity contribution in [3.05, 3.63) is 17.8 Å². The van der Waals surface area contributed by atoms with E-state index in [0.29, 0.717) is 6.04 Å². The molecular weight excluding hydrogens is 270 g/mol. The predicted molar refractivity (Wildman–Crippen MR) is 83.3 cm³/mol. The van der Waals surface area contributed by atoms with Crippen molar-refractivity contribution in [3.8, 4) is 0 Å². The fourth-order valence-electron chi connectivity index (χ4n) is 2.99. The minimum atomic E-state index is 0.0384. The van der Waals surface area contributed by atoms with E-state index in [0.717, 1.165) is 48.3 Å². The van der Waals surface area contributed by atoms with Crippen molar-refractivity contribution in [1.82, 2.24) is 9.97 Å². The summed E-state index contributed by atoms with van der Waals surface area (Å²) in [5.74, 6) is 0.962. The topological polar surface area (TPSA) is 47.0 Å². The number of rotatable bonds is 4. The molecule has 108 valence electrons. The van der Waals surface area contributed by atoms with Gasteiger partial charge in [0.05, 0.1) is 11.0 Å². The van der Waals surface area contributed by atoms with Gasteiger partial charge < -0.3 is 10.1 Å². The number of aromatic nitrogens is 2. The van der Waals surface area contributed by atoms with E-state index in [1.165, 1.54) is 0 Å². The molecule has 0 radical (unpaired) electrons. The number of anilines is 1. The monoisotopic (exact) mass is 291 g/mol. The molecule has 3 rings (SSSR count). The maximum absolute atomic E-state index is 6.03. The Morgan fingerprint density at radius 2 is 2.25 bits per heavy atom. The molecule has 1 atom stereocenters. The van der Waals surface area contributed by atoms with Crippen LogP contribution in [0.2, 0.25) is 0 Å². The van der Waals surface area contributed by atoms with E-state index >= 15 is 0 Å². The molecular formula is C15H21N3OS. The summed E-state index contributed by atoms with van der Waals surface area (Å²) in [6.07, 6.45) is 5.87. The van der Waals surface area contributed by atoms with Gasteiger partial charge in [-0.25, -0.2) is 9.97 Å². The number of nitrogens with one attached hydrogen (secondary N) is 1. The molecule has 1 unspecified atom stereocenters. The van der Waals surface area contributed by atoms with Gasteiger partial charge in [0.15, 0.2) is 0 Å². The highest BCUT2D eigenvalue weighted by Gasteiger charge is 2.34. The Bertz CT molecular complexity index is 579. The van der Waals surface area contributed by atoms with Crippen LogP contribution in [0.5, 0.6) is 0 Å². The lowest BCUT2D eigenvalue weighted by Crippen LogP contribution is -2.43. The number of hydrogen-bond donors (Lipinski definition) is 1. The molecule has 1 aliphatic heterocycles. The van der Waals surface area contributed by atoms with Crippen molar-refractivity contribution in [3.63, 3.8) is 0 Å². The van der Waals surface area contributed by atoms with Gasteiger partial charge in [-0.2, -0.15) is 0 Å². The maximum Gasteiger partial charge on any atom is 0.138 e. The van der Waals surface area contributed by atoms with Gasteiger partial charge in [0.25, 0.3) is 0 Å². The fourth-order valence-corrected chi connectivity index (χ4v) is 3.72. The largest absolute Gasteiger partial charge is 0.375 e. The van der Waals surface area contributed by atoms with Crippen LogP contribution in [0.1, 0.15) is 39.5 Å². The van der Waals surface area contributed by atoms with Gasteiger partial charge in [-0.1, -0.05) is 13.8 Å². The molecule has 1 fully saturated rings. The Hall–Kier alpha value is -1.20.